The Balaban J connectivity index is 1.37. The van der Waals surface area contributed by atoms with Crippen LogP contribution >= 0.6 is 11.3 Å². The van der Waals surface area contributed by atoms with Crippen LogP contribution in [0.2, 0.25) is 0 Å². The van der Waals surface area contributed by atoms with E-state index >= 15 is 0 Å². The first-order valence-electron chi connectivity index (χ1n) is 8.60. The number of thiophene rings is 1. The second-order valence-electron chi connectivity index (χ2n) is 7.03. The van der Waals surface area contributed by atoms with Gasteiger partial charge in [-0.15, -0.1) is 10.2 Å². The second-order valence-corrected chi connectivity index (χ2v) is 7.81. The Morgan fingerprint density at radius 3 is 3.24 bits per heavy atom. The lowest BCUT2D eigenvalue weighted by atomic mass is 9.80. The Hall–Kier alpha value is -1.77. The van der Waals surface area contributed by atoms with E-state index < -0.39 is 5.41 Å². The van der Waals surface area contributed by atoms with Crippen molar-refractivity contribution in [3.05, 3.63) is 34.5 Å². The van der Waals surface area contributed by atoms with Crippen LogP contribution in [0.3, 0.4) is 0 Å². The van der Waals surface area contributed by atoms with Gasteiger partial charge in [0.2, 0.25) is 5.91 Å². The van der Waals surface area contributed by atoms with E-state index in [4.69, 9.17) is 4.74 Å². The fourth-order valence-electron chi connectivity index (χ4n) is 3.92. The molecule has 2 saturated heterocycles. The first kappa shape index (κ1) is 16.7. The Morgan fingerprint density at radius 1 is 1.56 bits per heavy atom. The number of nitrogens with zero attached hydrogens (tertiary/aromatic N) is 4. The second kappa shape index (κ2) is 6.86. The molecule has 2 aromatic rings. The summed E-state index contributed by atoms with van der Waals surface area (Å²) in [6.45, 7) is 4.37. The highest BCUT2D eigenvalue weighted by Crippen LogP contribution is 2.42. The van der Waals surface area contributed by atoms with Crippen LogP contribution in [0.4, 0.5) is 0 Å². The van der Waals surface area contributed by atoms with E-state index in [1.54, 1.807) is 17.7 Å². The zero-order chi connectivity index (χ0) is 17.3. The van der Waals surface area contributed by atoms with Crippen LogP contribution in [0, 0.1) is 11.3 Å². The molecule has 0 aromatic carbocycles. The molecule has 2 fully saturated rings. The third kappa shape index (κ3) is 3.21. The van der Waals surface area contributed by atoms with Gasteiger partial charge >= 0.3 is 0 Å². The number of ether oxygens (including phenoxy) is 1. The Labute approximate surface area is 151 Å². The predicted octanol–water partition coefficient (Wildman–Crippen LogP) is 0.684. The molecule has 1 amide bonds. The molecule has 2 aliphatic heterocycles. The summed E-state index contributed by atoms with van der Waals surface area (Å²) in [4.78, 5) is 15.3. The average Bonchev–Trinajstić information content (AvgIpc) is 3.33. The lowest BCUT2D eigenvalue weighted by Gasteiger charge is -2.26. The van der Waals surface area contributed by atoms with Crippen LogP contribution < -0.4 is 5.32 Å². The van der Waals surface area contributed by atoms with Crippen molar-refractivity contribution >= 4 is 17.2 Å². The molecule has 8 heteroatoms. The lowest BCUT2D eigenvalue weighted by Crippen LogP contribution is -2.47. The third-order valence-corrected chi connectivity index (χ3v) is 6.05. The van der Waals surface area contributed by atoms with Crippen molar-refractivity contribution in [3.8, 4) is 0 Å². The van der Waals surface area contributed by atoms with Crippen molar-refractivity contribution in [1.82, 2.24) is 25.0 Å². The van der Waals surface area contributed by atoms with Crippen LogP contribution in [0.25, 0.3) is 0 Å². The molecule has 2 atom stereocenters. The van der Waals surface area contributed by atoms with E-state index in [1.807, 2.05) is 11.6 Å². The number of carbonyl (C=O) groups excluding carboxylic acids is 1. The van der Waals surface area contributed by atoms with Crippen LogP contribution in [0.1, 0.15) is 11.4 Å². The van der Waals surface area contributed by atoms with E-state index in [9.17, 15) is 4.79 Å². The van der Waals surface area contributed by atoms with E-state index in [0.717, 1.165) is 25.5 Å². The van der Waals surface area contributed by atoms with E-state index in [0.29, 0.717) is 26.2 Å². The summed E-state index contributed by atoms with van der Waals surface area (Å²) in [5.74, 6) is 1.27. The minimum absolute atomic E-state index is 0.116. The summed E-state index contributed by atoms with van der Waals surface area (Å²) in [5.41, 5.74) is 0.916. The van der Waals surface area contributed by atoms with Crippen LogP contribution in [0.15, 0.2) is 23.2 Å². The van der Waals surface area contributed by atoms with Crippen molar-refractivity contribution in [2.45, 2.75) is 13.0 Å². The molecule has 25 heavy (non-hydrogen) atoms. The van der Waals surface area contributed by atoms with Gasteiger partial charge in [0.15, 0.2) is 0 Å². The van der Waals surface area contributed by atoms with Gasteiger partial charge in [-0.2, -0.15) is 11.3 Å². The zero-order valence-corrected chi connectivity index (χ0v) is 15.2. The molecule has 7 nitrogen and oxygen atoms in total. The van der Waals surface area contributed by atoms with Gasteiger partial charge in [-0.05, 0) is 22.4 Å². The summed E-state index contributed by atoms with van der Waals surface area (Å²) >= 11 is 1.72. The number of hydrogen-bond acceptors (Lipinski definition) is 6. The van der Waals surface area contributed by atoms with Gasteiger partial charge in [-0.3, -0.25) is 9.69 Å². The quantitative estimate of drug-likeness (QED) is 0.819. The molecule has 4 heterocycles. The maximum atomic E-state index is 13.0. The molecule has 0 aliphatic carbocycles. The van der Waals surface area contributed by atoms with Gasteiger partial charge in [0.05, 0.1) is 18.6 Å². The number of carbonyl (C=O) groups is 1. The number of aryl methyl sites for hydroxylation is 1. The van der Waals surface area contributed by atoms with E-state index in [-0.39, 0.29) is 11.8 Å². The van der Waals surface area contributed by atoms with Crippen molar-refractivity contribution in [1.29, 1.82) is 0 Å². The van der Waals surface area contributed by atoms with Gasteiger partial charge < -0.3 is 14.6 Å². The maximum Gasteiger partial charge on any atom is 0.230 e. The fourth-order valence-corrected chi connectivity index (χ4v) is 4.58. The van der Waals surface area contributed by atoms with Crippen molar-refractivity contribution < 1.29 is 9.53 Å². The van der Waals surface area contributed by atoms with Gasteiger partial charge in [0, 0.05) is 45.6 Å². The van der Waals surface area contributed by atoms with Crippen LogP contribution in [-0.2, 0) is 29.5 Å². The minimum atomic E-state index is -0.407. The number of nitrogens with one attached hydrogen (secondary N) is 1. The van der Waals surface area contributed by atoms with Crippen molar-refractivity contribution in [2.24, 2.45) is 18.4 Å². The topological polar surface area (TPSA) is 72.3 Å². The zero-order valence-electron chi connectivity index (χ0n) is 14.4. The molecule has 0 unspecified atom stereocenters. The number of likely N-dealkylation sites (tertiary alicyclic amines) is 1. The van der Waals surface area contributed by atoms with Gasteiger partial charge in [0.25, 0.3) is 0 Å². The Morgan fingerprint density at radius 2 is 2.48 bits per heavy atom. The first-order valence-corrected chi connectivity index (χ1v) is 9.54. The van der Waals surface area contributed by atoms with Crippen molar-refractivity contribution in [2.75, 3.05) is 32.8 Å². The molecule has 134 valence electrons. The number of rotatable bonds is 6. The Bertz CT molecular complexity index is 731. The van der Waals surface area contributed by atoms with Crippen LogP contribution in [0.5, 0.6) is 0 Å². The minimum Gasteiger partial charge on any atom is -0.380 e. The summed E-state index contributed by atoms with van der Waals surface area (Å²) in [7, 11) is 1.91. The van der Waals surface area contributed by atoms with Crippen LogP contribution in [-0.4, -0.2) is 58.4 Å². The number of fused-ring (bicyclic) bond motifs is 1. The number of amides is 1. The summed E-state index contributed by atoms with van der Waals surface area (Å²) in [6, 6.07) is 2.16. The standard InChI is InChI=1S/C17H23N5O2S/c1-21-12-19-20-15(21)2-4-18-16(23)17-10-22(6-13-3-5-25-9-13)7-14(17)8-24-11-17/h3,5,9,12,14H,2,4,6-8,10-11H2,1H3,(H,18,23)/t14-,17-/m1/s1. The highest BCUT2D eigenvalue weighted by atomic mass is 32.1. The van der Waals surface area contributed by atoms with Crippen molar-refractivity contribution in [3.63, 3.8) is 0 Å². The van der Waals surface area contributed by atoms with E-state index in [2.05, 4.69) is 37.2 Å². The molecule has 2 aliphatic rings. The summed E-state index contributed by atoms with van der Waals surface area (Å²) in [6.07, 6.45) is 2.36. The molecule has 0 spiro atoms. The molecular weight excluding hydrogens is 338 g/mol. The third-order valence-electron chi connectivity index (χ3n) is 5.32. The Kier molecular flexibility index (Phi) is 4.58. The fraction of sp³-hybridized carbons (Fsp3) is 0.588. The predicted molar refractivity (Wildman–Crippen MR) is 94.1 cm³/mol. The highest BCUT2D eigenvalue weighted by Gasteiger charge is 2.55. The van der Waals surface area contributed by atoms with E-state index in [1.165, 1.54) is 5.56 Å². The SMILES string of the molecule is Cn1cnnc1CCNC(=O)[C@]12COC[C@H]1CN(Cc1ccsc1)C2. The van der Waals surface area contributed by atoms with Gasteiger partial charge in [-0.25, -0.2) is 0 Å². The molecule has 0 radical (unpaired) electrons. The first-order chi connectivity index (χ1) is 12.2. The monoisotopic (exact) mass is 361 g/mol. The lowest BCUT2D eigenvalue weighted by molar-refractivity contribution is -0.131. The number of aromatic nitrogens is 3. The average molecular weight is 361 g/mol. The van der Waals surface area contributed by atoms with Gasteiger partial charge in [0.1, 0.15) is 12.2 Å². The number of hydrogen-bond donors (Lipinski definition) is 1. The molecule has 2 aromatic heterocycles. The molecule has 0 saturated carbocycles. The maximum absolute atomic E-state index is 13.0. The molecule has 0 bridgehead atoms. The highest BCUT2D eigenvalue weighted by molar-refractivity contribution is 7.07. The molecule has 1 N–H and O–H groups in total. The van der Waals surface area contributed by atoms with Gasteiger partial charge in [-0.1, -0.05) is 0 Å². The summed E-state index contributed by atoms with van der Waals surface area (Å²) in [5, 5.41) is 15.3. The molecule has 4 rings (SSSR count). The largest absolute Gasteiger partial charge is 0.380 e. The normalized spacial score (nSPS) is 26.0. The molecular formula is C17H23N5O2S. The smallest absolute Gasteiger partial charge is 0.230 e. The summed E-state index contributed by atoms with van der Waals surface area (Å²) < 4.78 is 7.56.